The zero-order chi connectivity index (χ0) is 15.9. The molecule has 5 heteroatoms. The van der Waals surface area contributed by atoms with Crippen molar-refractivity contribution in [2.75, 3.05) is 33.4 Å². The summed E-state index contributed by atoms with van der Waals surface area (Å²) in [5, 5.41) is 3.11. The van der Waals surface area contributed by atoms with Crippen LogP contribution >= 0.6 is 0 Å². The first-order valence-corrected chi connectivity index (χ1v) is 8.76. The Morgan fingerprint density at radius 1 is 1.32 bits per heavy atom. The van der Waals surface area contributed by atoms with Crippen molar-refractivity contribution in [1.29, 1.82) is 0 Å². The van der Waals surface area contributed by atoms with Crippen LogP contribution in [0.4, 0.5) is 0 Å². The Hall–Kier alpha value is -0.650. The Morgan fingerprint density at radius 2 is 2.05 bits per heavy atom. The molecule has 2 aliphatic heterocycles. The third-order valence-electron chi connectivity index (χ3n) is 5.06. The summed E-state index contributed by atoms with van der Waals surface area (Å²) in [5.41, 5.74) is 0. The van der Waals surface area contributed by atoms with E-state index in [0.717, 1.165) is 45.5 Å². The first kappa shape index (κ1) is 17.7. The fourth-order valence-corrected chi connectivity index (χ4v) is 3.79. The summed E-state index contributed by atoms with van der Waals surface area (Å²) in [5.74, 6) is 0.708. The van der Waals surface area contributed by atoms with Gasteiger partial charge in [0.15, 0.2) is 0 Å². The van der Waals surface area contributed by atoms with Crippen molar-refractivity contribution in [2.24, 2.45) is 5.92 Å². The Kier molecular flexibility index (Phi) is 7.12. The van der Waals surface area contributed by atoms with Crippen LogP contribution in [-0.2, 0) is 14.3 Å². The van der Waals surface area contributed by atoms with Gasteiger partial charge >= 0.3 is 0 Å². The normalized spacial score (nSPS) is 31.1. The molecule has 0 radical (unpaired) electrons. The van der Waals surface area contributed by atoms with Gasteiger partial charge in [-0.25, -0.2) is 0 Å². The third-order valence-corrected chi connectivity index (χ3v) is 5.06. The van der Waals surface area contributed by atoms with Crippen molar-refractivity contribution >= 4 is 5.91 Å². The predicted octanol–water partition coefficient (Wildman–Crippen LogP) is 1.81. The highest BCUT2D eigenvalue weighted by atomic mass is 16.5. The summed E-state index contributed by atoms with van der Waals surface area (Å²) in [4.78, 5) is 13.8. The summed E-state index contributed by atoms with van der Waals surface area (Å²) in [7, 11) is 1.76. The van der Waals surface area contributed by atoms with E-state index >= 15 is 0 Å². The number of ether oxygens (including phenoxy) is 2. The molecular formula is C17H32N2O3. The van der Waals surface area contributed by atoms with Crippen LogP contribution in [0.1, 0.15) is 46.0 Å². The molecule has 0 aromatic rings. The zero-order valence-electron chi connectivity index (χ0n) is 14.3. The molecule has 2 aliphatic rings. The number of likely N-dealkylation sites (tertiary alicyclic amines) is 1. The molecule has 5 nitrogen and oxygen atoms in total. The largest absolute Gasteiger partial charge is 0.383 e. The topological polar surface area (TPSA) is 50.8 Å². The smallest absolute Gasteiger partial charge is 0.217 e. The van der Waals surface area contributed by atoms with Gasteiger partial charge in [0.2, 0.25) is 5.91 Å². The maximum Gasteiger partial charge on any atom is 0.217 e. The molecule has 0 bridgehead atoms. The SMILES string of the molecule is CC[C@H]1C[C@@H](NC(C)=O)C[C@@H](C2CCN(CCOC)CC2)O1. The van der Waals surface area contributed by atoms with Gasteiger partial charge < -0.3 is 19.7 Å². The molecule has 3 atom stereocenters. The maximum atomic E-state index is 11.4. The summed E-state index contributed by atoms with van der Waals surface area (Å²) in [6.45, 7) is 7.89. The van der Waals surface area contributed by atoms with Gasteiger partial charge in [-0.15, -0.1) is 0 Å². The van der Waals surface area contributed by atoms with Crippen LogP contribution in [-0.4, -0.2) is 62.4 Å². The Bertz CT molecular complexity index is 343. The lowest BCUT2D eigenvalue weighted by molar-refractivity contribution is -0.124. The second-order valence-electron chi connectivity index (χ2n) is 6.75. The van der Waals surface area contributed by atoms with Crippen LogP contribution in [0.3, 0.4) is 0 Å². The first-order valence-electron chi connectivity index (χ1n) is 8.76. The third kappa shape index (κ3) is 5.21. The van der Waals surface area contributed by atoms with Gasteiger partial charge in [-0.1, -0.05) is 6.92 Å². The van der Waals surface area contributed by atoms with E-state index < -0.39 is 0 Å². The van der Waals surface area contributed by atoms with Crippen molar-refractivity contribution in [2.45, 2.75) is 64.2 Å². The summed E-state index contributed by atoms with van der Waals surface area (Å²) < 4.78 is 11.5. The summed E-state index contributed by atoms with van der Waals surface area (Å²) >= 11 is 0. The van der Waals surface area contributed by atoms with E-state index in [1.807, 2.05) is 0 Å². The molecule has 0 aromatic carbocycles. The number of carbonyl (C=O) groups is 1. The van der Waals surface area contributed by atoms with Crippen molar-refractivity contribution in [3.63, 3.8) is 0 Å². The van der Waals surface area contributed by atoms with Crippen molar-refractivity contribution < 1.29 is 14.3 Å². The quantitative estimate of drug-likeness (QED) is 0.813. The van der Waals surface area contributed by atoms with Gasteiger partial charge in [-0.2, -0.15) is 0 Å². The lowest BCUT2D eigenvalue weighted by Crippen LogP contribution is -2.49. The molecule has 0 saturated carbocycles. The van der Waals surface area contributed by atoms with Crippen LogP contribution in [0.5, 0.6) is 0 Å². The average molecular weight is 312 g/mol. The van der Waals surface area contributed by atoms with Crippen LogP contribution in [0.15, 0.2) is 0 Å². The van der Waals surface area contributed by atoms with Crippen molar-refractivity contribution in [3.8, 4) is 0 Å². The summed E-state index contributed by atoms with van der Waals surface area (Å²) in [6.07, 6.45) is 5.94. The van der Waals surface area contributed by atoms with Gasteiger partial charge in [0.25, 0.3) is 0 Å². The van der Waals surface area contributed by atoms with Gasteiger partial charge in [-0.3, -0.25) is 4.79 Å². The van der Waals surface area contributed by atoms with E-state index in [9.17, 15) is 4.79 Å². The molecule has 2 saturated heterocycles. The predicted molar refractivity (Wildman–Crippen MR) is 86.8 cm³/mol. The van der Waals surface area contributed by atoms with E-state index in [1.54, 1.807) is 14.0 Å². The number of carbonyl (C=O) groups excluding carboxylic acids is 1. The highest BCUT2D eigenvalue weighted by molar-refractivity contribution is 5.73. The van der Waals surface area contributed by atoms with Crippen molar-refractivity contribution in [3.05, 3.63) is 0 Å². The van der Waals surface area contributed by atoms with Gasteiger partial charge in [0, 0.05) is 26.6 Å². The minimum Gasteiger partial charge on any atom is -0.383 e. The highest BCUT2D eigenvalue weighted by Gasteiger charge is 2.35. The lowest BCUT2D eigenvalue weighted by atomic mass is 9.84. The number of hydrogen-bond donors (Lipinski definition) is 1. The second-order valence-corrected chi connectivity index (χ2v) is 6.75. The molecule has 0 spiro atoms. The highest BCUT2D eigenvalue weighted by Crippen LogP contribution is 2.31. The molecule has 2 fully saturated rings. The molecule has 0 aliphatic carbocycles. The number of hydrogen-bond acceptors (Lipinski definition) is 4. The van der Waals surface area contributed by atoms with Gasteiger partial charge in [0.05, 0.1) is 18.8 Å². The number of nitrogens with one attached hydrogen (secondary N) is 1. The molecule has 0 unspecified atom stereocenters. The first-order chi connectivity index (χ1) is 10.6. The number of amides is 1. The van der Waals surface area contributed by atoms with Crippen LogP contribution < -0.4 is 5.32 Å². The van der Waals surface area contributed by atoms with Gasteiger partial charge in [0.1, 0.15) is 0 Å². The number of piperidine rings is 1. The lowest BCUT2D eigenvalue weighted by Gasteiger charge is -2.42. The van der Waals surface area contributed by atoms with Gasteiger partial charge in [-0.05, 0) is 51.1 Å². The standard InChI is InChI=1S/C17H32N2O3/c1-4-16-11-15(18-13(2)20)12-17(22-16)14-5-7-19(8-6-14)9-10-21-3/h14-17H,4-12H2,1-3H3,(H,18,20)/t15-,16+,17+/m1/s1. The average Bonchev–Trinajstić information content (AvgIpc) is 2.52. The molecule has 22 heavy (non-hydrogen) atoms. The molecule has 2 heterocycles. The number of methoxy groups -OCH3 is 1. The molecule has 0 aromatic heterocycles. The van der Waals surface area contributed by atoms with E-state index in [2.05, 4.69) is 17.1 Å². The monoisotopic (exact) mass is 312 g/mol. The minimum atomic E-state index is 0.0786. The minimum absolute atomic E-state index is 0.0786. The van der Waals surface area contributed by atoms with E-state index in [-0.39, 0.29) is 11.9 Å². The molecule has 1 amide bonds. The van der Waals surface area contributed by atoms with Crippen molar-refractivity contribution in [1.82, 2.24) is 10.2 Å². The molecule has 1 N–H and O–H groups in total. The Morgan fingerprint density at radius 3 is 2.64 bits per heavy atom. The number of rotatable bonds is 6. The molecule has 128 valence electrons. The van der Waals surface area contributed by atoms with E-state index in [4.69, 9.17) is 9.47 Å². The fraction of sp³-hybridized carbons (Fsp3) is 0.941. The molecule has 2 rings (SSSR count). The van der Waals surface area contributed by atoms with Crippen LogP contribution in [0.2, 0.25) is 0 Å². The van der Waals surface area contributed by atoms with Crippen LogP contribution in [0, 0.1) is 5.92 Å². The summed E-state index contributed by atoms with van der Waals surface area (Å²) in [6, 6.07) is 0.285. The second kappa shape index (κ2) is 8.85. The Labute approximate surface area is 134 Å². The fourth-order valence-electron chi connectivity index (χ4n) is 3.79. The maximum absolute atomic E-state index is 11.4. The zero-order valence-corrected chi connectivity index (χ0v) is 14.3. The van der Waals surface area contributed by atoms with E-state index in [1.165, 1.54) is 12.8 Å². The van der Waals surface area contributed by atoms with Crippen LogP contribution in [0.25, 0.3) is 0 Å². The number of nitrogens with zero attached hydrogens (tertiary/aromatic N) is 1. The molecular weight excluding hydrogens is 280 g/mol. The van der Waals surface area contributed by atoms with E-state index in [0.29, 0.717) is 18.1 Å². The Balaban J connectivity index is 1.84.